The number of rotatable bonds is 0. The Kier molecular flexibility index (Phi) is 2.66. The van der Waals surface area contributed by atoms with Gasteiger partial charge in [0.25, 0.3) is 0 Å². The number of hydrogen-bond donors (Lipinski definition) is 1. The SMILES string of the molecule is N=C1c2cc3c(cc2-c2ccc4ccccc4c21)oc1cc2ccccc2cc13. The third-order valence-corrected chi connectivity index (χ3v) is 6.22. The van der Waals surface area contributed by atoms with Gasteiger partial charge in [-0.05, 0) is 56.9 Å². The molecule has 1 aromatic heterocycles. The van der Waals surface area contributed by atoms with Crippen molar-refractivity contribution in [1.82, 2.24) is 0 Å². The van der Waals surface area contributed by atoms with Crippen molar-refractivity contribution in [3.05, 3.63) is 96.1 Å². The molecule has 1 aliphatic carbocycles. The maximum atomic E-state index is 8.93. The molecule has 2 heteroatoms. The molecule has 0 atom stereocenters. The van der Waals surface area contributed by atoms with E-state index in [1.807, 2.05) is 18.2 Å². The minimum absolute atomic E-state index is 0.601. The molecule has 0 unspecified atom stereocenters. The van der Waals surface area contributed by atoms with E-state index in [0.29, 0.717) is 5.71 Å². The van der Waals surface area contributed by atoms with Gasteiger partial charge in [-0.1, -0.05) is 60.7 Å². The Labute approximate surface area is 166 Å². The van der Waals surface area contributed by atoms with Gasteiger partial charge >= 0.3 is 0 Å². The van der Waals surface area contributed by atoms with Crippen molar-refractivity contribution in [3.8, 4) is 11.1 Å². The molecule has 1 N–H and O–H groups in total. The minimum atomic E-state index is 0.601. The third kappa shape index (κ3) is 1.88. The molecule has 0 aliphatic heterocycles. The molecule has 0 radical (unpaired) electrons. The average Bonchev–Trinajstić information content (AvgIpc) is 3.25. The molecule has 0 fully saturated rings. The summed E-state index contributed by atoms with van der Waals surface area (Å²) in [6.07, 6.45) is 0. The summed E-state index contributed by atoms with van der Waals surface area (Å²) in [7, 11) is 0. The highest BCUT2D eigenvalue weighted by atomic mass is 16.3. The first-order valence-corrected chi connectivity index (χ1v) is 9.78. The van der Waals surface area contributed by atoms with Crippen molar-refractivity contribution in [2.75, 3.05) is 0 Å². The van der Waals surface area contributed by atoms with Crippen LogP contribution in [-0.2, 0) is 0 Å². The summed E-state index contributed by atoms with van der Waals surface area (Å²) in [6.45, 7) is 0. The summed E-state index contributed by atoms with van der Waals surface area (Å²) < 4.78 is 6.25. The molecule has 1 heterocycles. The van der Waals surface area contributed by atoms with Gasteiger partial charge in [-0.15, -0.1) is 0 Å². The second-order valence-corrected chi connectivity index (χ2v) is 7.78. The first-order valence-electron chi connectivity index (χ1n) is 9.78. The molecule has 2 nitrogen and oxygen atoms in total. The standard InChI is InChI=1S/C27H15NO/c28-27-23-13-22-21-11-16-6-1-2-7-17(16)12-24(21)29-25(22)14-20(23)19-10-9-15-5-3-4-8-18(15)26(19)27/h1-14,28H. The number of hydrogen-bond acceptors (Lipinski definition) is 2. The minimum Gasteiger partial charge on any atom is -0.456 e. The van der Waals surface area contributed by atoms with E-state index >= 15 is 0 Å². The Hall–Kier alpha value is -3.91. The van der Waals surface area contributed by atoms with Gasteiger partial charge in [-0.2, -0.15) is 0 Å². The Bertz CT molecular complexity index is 1670. The largest absolute Gasteiger partial charge is 0.456 e. The van der Waals surface area contributed by atoms with Crippen LogP contribution in [0, 0.1) is 5.41 Å². The first kappa shape index (κ1) is 15.1. The quantitative estimate of drug-likeness (QED) is 0.299. The monoisotopic (exact) mass is 369 g/mol. The van der Waals surface area contributed by atoms with E-state index in [0.717, 1.165) is 49.6 Å². The van der Waals surface area contributed by atoms with Crippen LogP contribution in [-0.4, -0.2) is 5.71 Å². The topological polar surface area (TPSA) is 37.0 Å². The van der Waals surface area contributed by atoms with Crippen LogP contribution in [0.2, 0.25) is 0 Å². The highest BCUT2D eigenvalue weighted by Crippen LogP contribution is 2.44. The Morgan fingerprint density at radius 2 is 1.21 bits per heavy atom. The van der Waals surface area contributed by atoms with E-state index in [1.165, 1.54) is 16.2 Å². The number of nitrogens with one attached hydrogen (secondary N) is 1. The second kappa shape index (κ2) is 5.12. The Balaban J connectivity index is 1.58. The molecule has 0 saturated heterocycles. The molecule has 0 amide bonds. The summed E-state index contributed by atoms with van der Waals surface area (Å²) >= 11 is 0. The lowest BCUT2D eigenvalue weighted by atomic mass is 9.99. The Morgan fingerprint density at radius 3 is 2.07 bits per heavy atom. The van der Waals surface area contributed by atoms with Crippen LogP contribution in [0.5, 0.6) is 0 Å². The van der Waals surface area contributed by atoms with Crippen LogP contribution < -0.4 is 0 Å². The normalized spacial score (nSPS) is 12.9. The van der Waals surface area contributed by atoms with Crippen LogP contribution in [0.3, 0.4) is 0 Å². The first-order chi connectivity index (χ1) is 14.3. The van der Waals surface area contributed by atoms with Gasteiger partial charge in [-0.3, -0.25) is 5.41 Å². The molecule has 1 aliphatic rings. The molecule has 6 aromatic rings. The van der Waals surface area contributed by atoms with Crippen molar-refractivity contribution in [2.45, 2.75) is 0 Å². The van der Waals surface area contributed by atoms with Gasteiger partial charge in [0, 0.05) is 21.9 Å². The van der Waals surface area contributed by atoms with E-state index < -0.39 is 0 Å². The van der Waals surface area contributed by atoms with Gasteiger partial charge in [0.2, 0.25) is 0 Å². The molecule has 134 valence electrons. The van der Waals surface area contributed by atoms with Crippen LogP contribution in [0.15, 0.2) is 89.3 Å². The van der Waals surface area contributed by atoms with Gasteiger partial charge in [0.15, 0.2) is 0 Å². The van der Waals surface area contributed by atoms with Gasteiger partial charge in [0.05, 0.1) is 5.71 Å². The fraction of sp³-hybridized carbons (Fsp3) is 0. The maximum absolute atomic E-state index is 8.93. The zero-order chi connectivity index (χ0) is 19.1. The van der Waals surface area contributed by atoms with E-state index in [-0.39, 0.29) is 0 Å². The smallest absolute Gasteiger partial charge is 0.136 e. The maximum Gasteiger partial charge on any atom is 0.136 e. The van der Waals surface area contributed by atoms with Crippen LogP contribution >= 0.6 is 0 Å². The summed E-state index contributed by atoms with van der Waals surface area (Å²) in [5.41, 5.74) is 6.60. The van der Waals surface area contributed by atoms with Crippen molar-refractivity contribution in [3.63, 3.8) is 0 Å². The van der Waals surface area contributed by atoms with Crippen LogP contribution in [0.4, 0.5) is 0 Å². The summed E-state index contributed by atoms with van der Waals surface area (Å²) in [4.78, 5) is 0. The van der Waals surface area contributed by atoms with E-state index in [2.05, 4.69) is 66.7 Å². The van der Waals surface area contributed by atoms with Crippen molar-refractivity contribution in [1.29, 1.82) is 5.41 Å². The lowest BCUT2D eigenvalue weighted by Crippen LogP contribution is -1.96. The van der Waals surface area contributed by atoms with Crippen molar-refractivity contribution >= 4 is 49.2 Å². The Morgan fingerprint density at radius 1 is 0.517 bits per heavy atom. The van der Waals surface area contributed by atoms with E-state index in [4.69, 9.17) is 9.83 Å². The average molecular weight is 369 g/mol. The van der Waals surface area contributed by atoms with Gasteiger partial charge in [-0.25, -0.2) is 0 Å². The molecule has 0 bridgehead atoms. The lowest BCUT2D eigenvalue weighted by Gasteiger charge is -2.05. The van der Waals surface area contributed by atoms with Gasteiger partial charge in [0.1, 0.15) is 11.2 Å². The highest BCUT2D eigenvalue weighted by molar-refractivity contribution is 6.30. The van der Waals surface area contributed by atoms with Crippen molar-refractivity contribution < 1.29 is 4.42 Å². The fourth-order valence-electron chi connectivity index (χ4n) is 4.84. The molecule has 0 spiro atoms. The summed E-state index contributed by atoms with van der Waals surface area (Å²) in [6, 6.07) is 29.5. The van der Waals surface area contributed by atoms with Crippen LogP contribution in [0.1, 0.15) is 11.1 Å². The third-order valence-electron chi connectivity index (χ3n) is 6.22. The fourth-order valence-corrected chi connectivity index (χ4v) is 4.84. The molecule has 0 saturated carbocycles. The molecule has 5 aromatic carbocycles. The summed E-state index contributed by atoms with van der Waals surface area (Å²) in [5.74, 6) is 0. The van der Waals surface area contributed by atoms with E-state index in [9.17, 15) is 0 Å². The van der Waals surface area contributed by atoms with Crippen molar-refractivity contribution in [2.24, 2.45) is 0 Å². The predicted octanol–water partition coefficient (Wildman–Crippen LogP) is 7.29. The summed E-state index contributed by atoms with van der Waals surface area (Å²) in [5, 5.41) is 15.8. The highest BCUT2D eigenvalue weighted by Gasteiger charge is 2.27. The number of fused-ring (bicyclic) bond motifs is 9. The second-order valence-electron chi connectivity index (χ2n) is 7.78. The zero-order valence-corrected chi connectivity index (χ0v) is 15.5. The molecule has 29 heavy (non-hydrogen) atoms. The number of benzene rings is 5. The van der Waals surface area contributed by atoms with Gasteiger partial charge < -0.3 is 4.42 Å². The molecular formula is C27H15NO. The van der Waals surface area contributed by atoms with E-state index in [1.54, 1.807) is 0 Å². The molecular weight excluding hydrogens is 354 g/mol. The molecule has 7 rings (SSSR count). The zero-order valence-electron chi connectivity index (χ0n) is 15.5. The van der Waals surface area contributed by atoms with Crippen LogP contribution in [0.25, 0.3) is 54.6 Å². The number of furan rings is 1. The lowest BCUT2D eigenvalue weighted by molar-refractivity contribution is 0.669. The predicted molar refractivity (Wildman–Crippen MR) is 120 cm³/mol.